The summed E-state index contributed by atoms with van der Waals surface area (Å²) in [6.07, 6.45) is 0. The highest BCUT2D eigenvalue weighted by molar-refractivity contribution is 6.33. The van der Waals surface area contributed by atoms with Crippen molar-refractivity contribution in [3.8, 4) is 0 Å². The maximum absolute atomic E-state index is 12.4. The first-order valence-corrected chi connectivity index (χ1v) is 9.23. The molecule has 0 fully saturated rings. The molecule has 3 rings (SSSR count). The van der Waals surface area contributed by atoms with Crippen LogP contribution in [-0.2, 0) is 11.3 Å². The van der Waals surface area contributed by atoms with Crippen molar-refractivity contribution in [2.24, 2.45) is 0 Å². The van der Waals surface area contributed by atoms with Crippen molar-refractivity contribution in [2.75, 3.05) is 0 Å². The Kier molecular flexibility index (Phi) is 5.70. The van der Waals surface area contributed by atoms with Gasteiger partial charge in [-0.25, -0.2) is 9.59 Å². The molecule has 0 unspecified atom stereocenters. The number of carbonyl (C=O) groups excluding carboxylic acids is 1. The van der Waals surface area contributed by atoms with Crippen molar-refractivity contribution in [1.82, 2.24) is 0 Å². The third-order valence-electron chi connectivity index (χ3n) is 4.58. The van der Waals surface area contributed by atoms with E-state index < -0.39 is 16.5 Å². The quantitative estimate of drug-likeness (QED) is 0.247. The van der Waals surface area contributed by atoms with Crippen molar-refractivity contribution in [1.29, 1.82) is 0 Å². The van der Waals surface area contributed by atoms with Crippen LogP contribution in [0.3, 0.4) is 0 Å². The summed E-state index contributed by atoms with van der Waals surface area (Å²) in [5.74, 6) is -0.568. The summed E-state index contributed by atoms with van der Waals surface area (Å²) < 4.78 is 10.6. The molecule has 0 aliphatic rings. The number of hydrogen-bond acceptors (Lipinski definition) is 6. The van der Waals surface area contributed by atoms with Gasteiger partial charge in [0.25, 0.3) is 5.69 Å². The highest BCUT2D eigenvalue weighted by Crippen LogP contribution is 2.28. The van der Waals surface area contributed by atoms with Crippen LogP contribution < -0.4 is 5.63 Å². The molecular weight excluding hydrogens is 398 g/mol. The van der Waals surface area contributed by atoms with E-state index in [9.17, 15) is 19.7 Å². The molecule has 0 spiro atoms. The molecule has 29 heavy (non-hydrogen) atoms. The molecule has 1 heterocycles. The first-order valence-electron chi connectivity index (χ1n) is 8.85. The van der Waals surface area contributed by atoms with E-state index in [1.54, 1.807) is 6.07 Å². The molecule has 0 atom stereocenters. The normalized spacial score (nSPS) is 11.1. The number of esters is 1. The second-order valence-corrected chi connectivity index (χ2v) is 7.35. The van der Waals surface area contributed by atoms with Crippen molar-refractivity contribution in [2.45, 2.75) is 33.3 Å². The number of aryl methyl sites for hydroxylation is 1. The Balaban J connectivity index is 1.95. The van der Waals surface area contributed by atoms with Gasteiger partial charge in [-0.3, -0.25) is 10.1 Å². The van der Waals surface area contributed by atoms with Crippen LogP contribution in [0.15, 0.2) is 45.6 Å². The minimum atomic E-state index is -0.823. The zero-order chi connectivity index (χ0) is 21.3. The summed E-state index contributed by atoms with van der Waals surface area (Å²) in [6.45, 7) is 5.83. The van der Waals surface area contributed by atoms with Gasteiger partial charge in [0, 0.05) is 29.1 Å². The van der Waals surface area contributed by atoms with Gasteiger partial charge in [0.2, 0.25) is 0 Å². The zero-order valence-corrected chi connectivity index (χ0v) is 16.8. The van der Waals surface area contributed by atoms with Crippen LogP contribution in [0.2, 0.25) is 5.02 Å². The zero-order valence-electron chi connectivity index (χ0n) is 16.0. The Labute approximate surface area is 171 Å². The average Bonchev–Trinajstić information content (AvgIpc) is 2.65. The third kappa shape index (κ3) is 4.30. The molecule has 0 saturated heterocycles. The molecule has 7 nitrogen and oxygen atoms in total. The van der Waals surface area contributed by atoms with Crippen LogP contribution in [0.4, 0.5) is 5.69 Å². The van der Waals surface area contributed by atoms with Gasteiger partial charge in [0.1, 0.15) is 12.2 Å². The van der Waals surface area contributed by atoms with Crippen LogP contribution in [-0.4, -0.2) is 10.9 Å². The minimum absolute atomic E-state index is 0.0377. The number of benzene rings is 2. The maximum atomic E-state index is 12.4. The molecule has 150 valence electrons. The molecule has 3 aromatic rings. The minimum Gasteiger partial charge on any atom is -0.457 e. The van der Waals surface area contributed by atoms with Gasteiger partial charge in [-0.05, 0) is 42.2 Å². The highest BCUT2D eigenvalue weighted by atomic mass is 35.5. The summed E-state index contributed by atoms with van der Waals surface area (Å²) in [4.78, 5) is 34.7. The van der Waals surface area contributed by atoms with Gasteiger partial charge >= 0.3 is 11.6 Å². The molecule has 1 aromatic heterocycles. The van der Waals surface area contributed by atoms with Crippen LogP contribution in [0.1, 0.15) is 46.8 Å². The lowest BCUT2D eigenvalue weighted by Gasteiger charge is -2.13. The Bertz CT molecular complexity index is 1180. The number of non-ortho nitro benzene ring substituents is 1. The number of fused-ring (bicyclic) bond motifs is 1. The first kappa shape index (κ1) is 20.5. The van der Waals surface area contributed by atoms with Crippen LogP contribution in [0.25, 0.3) is 11.0 Å². The van der Waals surface area contributed by atoms with Gasteiger partial charge in [-0.2, -0.15) is 0 Å². The average molecular weight is 416 g/mol. The number of hydrogen-bond donors (Lipinski definition) is 0. The Morgan fingerprint density at radius 2 is 1.97 bits per heavy atom. The topological polar surface area (TPSA) is 99.7 Å². The van der Waals surface area contributed by atoms with E-state index in [0.717, 1.165) is 17.2 Å². The molecule has 0 radical (unpaired) electrons. The Hall–Kier alpha value is -3.19. The van der Waals surface area contributed by atoms with Crippen LogP contribution in [0.5, 0.6) is 0 Å². The summed E-state index contributed by atoms with van der Waals surface area (Å²) in [5, 5.41) is 11.6. The second-order valence-electron chi connectivity index (χ2n) is 6.95. The predicted molar refractivity (Wildman–Crippen MR) is 109 cm³/mol. The fourth-order valence-corrected chi connectivity index (χ4v) is 3.33. The Morgan fingerprint density at radius 1 is 1.24 bits per heavy atom. The van der Waals surface area contributed by atoms with E-state index in [2.05, 4.69) is 13.8 Å². The SMILES string of the molecule is Cc1cc2oc(=O)cc(COC(=O)c3cc([N+](=O)[O-])ccc3Cl)c2cc1C(C)C. The van der Waals surface area contributed by atoms with Crippen LogP contribution in [0, 0.1) is 17.0 Å². The van der Waals surface area contributed by atoms with Crippen LogP contribution >= 0.6 is 11.6 Å². The van der Waals surface area contributed by atoms with E-state index in [0.29, 0.717) is 16.5 Å². The summed E-state index contributed by atoms with van der Waals surface area (Å²) >= 11 is 5.98. The molecule has 0 aliphatic carbocycles. The van der Waals surface area contributed by atoms with Crippen molar-refractivity contribution < 1.29 is 18.9 Å². The number of ether oxygens (including phenoxy) is 1. The molecule has 0 N–H and O–H groups in total. The van der Waals surface area contributed by atoms with E-state index in [1.807, 2.05) is 13.0 Å². The second kappa shape index (κ2) is 8.05. The number of rotatable bonds is 5. The number of halogens is 1. The van der Waals surface area contributed by atoms with E-state index >= 15 is 0 Å². The van der Waals surface area contributed by atoms with Gasteiger partial charge < -0.3 is 9.15 Å². The van der Waals surface area contributed by atoms with E-state index in [1.165, 1.54) is 18.2 Å². The third-order valence-corrected chi connectivity index (χ3v) is 4.91. The lowest BCUT2D eigenvalue weighted by molar-refractivity contribution is -0.384. The van der Waals surface area contributed by atoms with Crippen molar-refractivity contribution in [3.63, 3.8) is 0 Å². The van der Waals surface area contributed by atoms with Crippen molar-refractivity contribution >= 4 is 34.2 Å². The summed E-state index contributed by atoms with van der Waals surface area (Å²) in [6, 6.07) is 8.49. The summed E-state index contributed by atoms with van der Waals surface area (Å²) in [7, 11) is 0. The standard InChI is InChI=1S/C21H18ClNO6/c1-11(2)15-9-16-13(7-20(24)29-19(16)6-12(15)3)10-28-21(25)17-8-14(23(26)27)4-5-18(17)22/h4-9,11H,10H2,1-3H3. The fourth-order valence-electron chi connectivity index (χ4n) is 3.14. The molecule has 8 heteroatoms. The van der Waals surface area contributed by atoms with Gasteiger partial charge in [0.15, 0.2) is 0 Å². The number of nitro groups is 1. The van der Waals surface area contributed by atoms with Gasteiger partial charge in [-0.1, -0.05) is 25.4 Å². The van der Waals surface area contributed by atoms with E-state index in [4.69, 9.17) is 20.8 Å². The largest absolute Gasteiger partial charge is 0.457 e. The highest BCUT2D eigenvalue weighted by Gasteiger charge is 2.18. The van der Waals surface area contributed by atoms with Gasteiger partial charge in [0.05, 0.1) is 15.5 Å². The molecular formula is C21H18ClNO6. The molecule has 2 aromatic carbocycles. The predicted octanol–water partition coefficient (Wildman–Crippen LogP) is 5.14. The van der Waals surface area contributed by atoms with Gasteiger partial charge in [-0.15, -0.1) is 0 Å². The molecule has 0 amide bonds. The van der Waals surface area contributed by atoms with Crippen molar-refractivity contribution in [3.05, 3.63) is 84.2 Å². The van der Waals surface area contributed by atoms with E-state index in [-0.39, 0.29) is 28.8 Å². The molecule has 0 aliphatic heterocycles. The number of carbonyl (C=O) groups is 1. The number of nitrogens with zero attached hydrogens (tertiary/aromatic N) is 1. The lowest BCUT2D eigenvalue weighted by atomic mass is 9.95. The Morgan fingerprint density at radius 3 is 2.62 bits per heavy atom. The summed E-state index contributed by atoms with van der Waals surface area (Å²) in [5.41, 5.74) is 2.00. The lowest BCUT2D eigenvalue weighted by Crippen LogP contribution is -2.09. The fraction of sp³-hybridized carbons (Fsp3) is 0.238. The monoisotopic (exact) mass is 415 g/mol. The first-order chi connectivity index (χ1) is 13.7. The molecule has 0 saturated carbocycles. The number of nitro benzene ring substituents is 1. The maximum Gasteiger partial charge on any atom is 0.340 e. The smallest absolute Gasteiger partial charge is 0.340 e. The molecule has 0 bridgehead atoms.